The van der Waals surface area contributed by atoms with Gasteiger partial charge in [0.15, 0.2) is 5.78 Å². The number of hydrogen-bond acceptors (Lipinski definition) is 3. The molecule has 2 aromatic rings. The molecule has 0 amide bonds. The summed E-state index contributed by atoms with van der Waals surface area (Å²) < 4.78 is 5.35. The molecule has 0 bridgehead atoms. The first kappa shape index (κ1) is 13.3. The molecular weight excluding hydrogens is 238 g/mol. The van der Waals surface area contributed by atoms with Crippen LogP contribution >= 0.6 is 0 Å². The SMILES string of the molecule is CCOc1ccc(C(=O)CCc2cccnc2)cc1. The number of aryl methyl sites for hydroxylation is 1. The number of ether oxygens (including phenoxy) is 1. The van der Waals surface area contributed by atoms with Gasteiger partial charge < -0.3 is 4.74 Å². The predicted molar refractivity (Wildman–Crippen MR) is 74.5 cm³/mol. The largest absolute Gasteiger partial charge is 0.494 e. The summed E-state index contributed by atoms with van der Waals surface area (Å²) >= 11 is 0. The zero-order chi connectivity index (χ0) is 13.5. The van der Waals surface area contributed by atoms with Gasteiger partial charge in [-0.2, -0.15) is 0 Å². The van der Waals surface area contributed by atoms with Crippen LogP contribution in [-0.2, 0) is 6.42 Å². The van der Waals surface area contributed by atoms with Crippen LogP contribution in [0, 0.1) is 0 Å². The first-order valence-electron chi connectivity index (χ1n) is 6.44. The van der Waals surface area contributed by atoms with Crippen LogP contribution in [0.2, 0.25) is 0 Å². The molecule has 0 aliphatic heterocycles. The standard InChI is InChI=1S/C16H17NO2/c1-2-19-15-8-6-14(7-9-15)16(18)10-5-13-4-3-11-17-12-13/h3-4,6-9,11-12H,2,5,10H2,1H3. The predicted octanol–water partition coefficient (Wildman–Crippen LogP) is 3.30. The molecule has 98 valence electrons. The Kier molecular flexibility index (Phi) is 4.67. The van der Waals surface area contributed by atoms with Gasteiger partial charge in [0.2, 0.25) is 0 Å². The van der Waals surface area contributed by atoms with Gasteiger partial charge >= 0.3 is 0 Å². The van der Waals surface area contributed by atoms with E-state index in [0.717, 1.165) is 23.3 Å². The van der Waals surface area contributed by atoms with Crippen molar-refractivity contribution in [2.45, 2.75) is 19.8 Å². The number of carbonyl (C=O) groups excluding carboxylic acids is 1. The van der Waals surface area contributed by atoms with E-state index in [1.807, 2.05) is 43.3 Å². The van der Waals surface area contributed by atoms with Crippen LogP contribution in [0.15, 0.2) is 48.8 Å². The van der Waals surface area contributed by atoms with Crippen LogP contribution < -0.4 is 4.74 Å². The molecule has 0 unspecified atom stereocenters. The zero-order valence-corrected chi connectivity index (χ0v) is 11.0. The van der Waals surface area contributed by atoms with Gasteiger partial charge in [0.25, 0.3) is 0 Å². The molecule has 0 saturated heterocycles. The molecule has 0 fully saturated rings. The molecule has 0 atom stereocenters. The Bertz CT molecular complexity index is 520. The molecule has 0 saturated carbocycles. The molecule has 2 rings (SSSR count). The fourth-order valence-electron chi connectivity index (χ4n) is 1.85. The average Bonchev–Trinajstić information content (AvgIpc) is 2.47. The minimum absolute atomic E-state index is 0.145. The van der Waals surface area contributed by atoms with Crippen molar-refractivity contribution in [2.75, 3.05) is 6.61 Å². The van der Waals surface area contributed by atoms with Crippen molar-refractivity contribution >= 4 is 5.78 Å². The fourth-order valence-corrected chi connectivity index (χ4v) is 1.85. The van der Waals surface area contributed by atoms with Gasteiger partial charge in [0.1, 0.15) is 5.75 Å². The molecule has 0 spiro atoms. The highest BCUT2D eigenvalue weighted by Crippen LogP contribution is 2.14. The van der Waals surface area contributed by atoms with Crippen molar-refractivity contribution in [3.63, 3.8) is 0 Å². The van der Waals surface area contributed by atoms with Gasteiger partial charge in [-0.1, -0.05) is 6.07 Å². The van der Waals surface area contributed by atoms with Crippen molar-refractivity contribution in [1.29, 1.82) is 0 Å². The van der Waals surface area contributed by atoms with Gasteiger partial charge in [0, 0.05) is 24.4 Å². The number of carbonyl (C=O) groups is 1. The highest BCUT2D eigenvalue weighted by molar-refractivity contribution is 5.96. The Balaban J connectivity index is 1.92. The third-order valence-corrected chi connectivity index (χ3v) is 2.85. The highest BCUT2D eigenvalue weighted by Gasteiger charge is 2.06. The van der Waals surface area contributed by atoms with Crippen LogP contribution in [0.25, 0.3) is 0 Å². The Morgan fingerprint density at radius 1 is 1.21 bits per heavy atom. The van der Waals surface area contributed by atoms with Crippen LogP contribution in [-0.4, -0.2) is 17.4 Å². The molecule has 1 heterocycles. The van der Waals surface area contributed by atoms with E-state index in [1.165, 1.54) is 0 Å². The van der Waals surface area contributed by atoms with Crippen molar-refractivity contribution in [3.8, 4) is 5.75 Å². The van der Waals surface area contributed by atoms with E-state index in [0.29, 0.717) is 13.0 Å². The lowest BCUT2D eigenvalue weighted by molar-refractivity contribution is 0.0983. The second-order valence-electron chi connectivity index (χ2n) is 4.24. The van der Waals surface area contributed by atoms with Crippen LogP contribution in [0.4, 0.5) is 0 Å². The molecule has 0 aliphatic rings. The van der Waals surface area contributed by atoms with Crippen molar-refractivity contribution in [3.05, 3.63) is 59.9 Å². The number of rotatable bonds is 6. The number of pyridine rings is 1. The average molecular weight is 255 g/mol. The Labute approximate surface area is 113 Å². The van der Waals surface area contributed by atoms with E-state index in [2.05, 4.69) is 4.98 Å². The monoisotopic (exact) mass is 255 g/mol. The smallest absolute Gasteiger partial charge is 0.163 e. The first-order chi connectivity index (χ1) is 9.29. The molecule has 0 N–H and O–H groups in total. The first-order valence-corrected chi connectivity index (χ1v) is 6.44. The van der Waals surface area contributed by atoms with Gasteiger partial charge in [-0.15, -0.1) is 0 Å². The van der Waals surface area contributed by atoms with E-state index in [-0.39, 0.29) is 5.78 Å². The maximum atomic E-state index is 12.0. The number of aromatic nitrogens is 1. The third kappa shape index (κ3) is 3.91. The number of Topliss-reactive ketones (excluding diaryl/α,β-unsaturated/α-hetero) is 1. The number of ketones is 1. The maximum Gasteiger partial charge on any atom is 0.163 e. The van der Waals surface area contributed by atoms with Crippen LogP contribution in [0.1, 0.15) is 29.3 Å². The Morgan fingerprint density at radius 3 is 2.63 bits per heavy atom. The van der Waals surface area contributed by atoms with Crippen molar-refractivity contribution < 1.29 is 9.53 Å². The zero-order valence-electron chi connectivity index (χ0n) is 11.0. The maximum absolute atomic E-state index is 12.0. The summed E-state index contributed by atoms with van der Waals surface area (Å²) in [6.45, 7) is 2.57. The minimum Gasteiger partial charge on any atom is -0.494 e. The lowest BCUT2D eigenvalue weighted by Crippen LogP contribution is -2.01. The molecule has 3 heteroatoms. The van der Waals surface area contributed by atoms with Crippen molar-refractivity contribution in [1.82, 2.24) is 4.98 Å². The number of hydrogen-bond donors (Lipinski definition) is 0. The van der Waals surface area contributed by atoms with E-state index < -0.39 is 0 Å². The summed E-state index contributed by atoms with van der Waals surface area (Å²) in [5.74, 6) is 0.943. The molecular formula is C16H17NO2. The van der Waals surface area contributed by atoms with E-state index in [9.17, 15) is 4.79 Å². The summed E-state index contributed by atoms with van der Waals surface area (Å²) in [6.07, 6.45) is 4.75. The normalized spacial score (nSPS) is 10.2. The lowest BCUT2D eigenvalue weighted by Gasteiger charge is -2.04. The lowest BCUT2D eigenvalue weighted by atomic mass is 10.0. The molecule has 1 aromatic heterocycles. The van der Waals surface area contributed by atoms with E-state index in [4.69, 9.17) is 4.74 Å². The highest BCUT2D eigenvalue weighted by atomic mass is 16.5. The summed E-state index contributed by atoms with van der Waals surface area (Å²) in [4.78, 5) is 16.1. The second-order valence-corrected chi connectivity index (χ2v) is 4.24. The van der Waals surface area contributed by atoms with Gasteiger partial charge in [-0.3, -0.25) is 9.78 Å². The van der Waals surface area contributed by atoms with E-state index in [1.54, 1.807) is 12.4 Å². The molecule has 19 heavy (non-hydrogen) atoms. The van der Waals surface area contributed by atoms with Crippen LogP contribution in [0.3, 0.4) is 0 Å². The van der Waals surface area contributed by atoms with Gasteiger partial charge in [-0.25, -0.2) is 0 Å². The summed E-state index contributed by atoms with van der Waals surface area (Å²) in [5, 5.41) is 0. The fraction of sp³-hybridized carbons (Fsp3) is 0.250. The molecule has 0 aliphatic carbocycles. The van der Waals surface area contributed by atoms with E-state index >= 15 is 0 Å². The number of benzene rings is 1. The van der Waals surface area contributed by atoms with Gasteiger partial charge in [-0.05, 0) is 49.2 Å². The number of nitrogens with zero attached hydrogens (tertiary/aromatic N) is 1. The summed E-state index contributed by atoms with van der Waals surface area (Å²) in [6, 6.07) is 11.2. The minimum atomic E-state index is 0.145. The molecule has 3 nitrogen and oxygen atoms in total. The summed E-state index contributed by atoms with van der Waals surface area (Å²) in [7, 11) is 0. The van der Waals surface area contributed by atoms with Crippen LogP contribution in [0.5, 0.6) is 5.75 Å². The quantitative estimate of drug-likeness (QED) is 0.743. The van der Waals surface area contributed by atoms with Gasteiger partial charge in [0.05, 0.1) is 6.61 Å². The second kappa shape index (κ2) is 6.69. The Morgan fingerprint density at radius 2 is 2.00 bits per heavy atom. The van der Waals surface area contributed by atoms with Crippen molar-refractivity contribution in [2.24, 2.45) is 0 Å². The molecule has 0 radical (unpaired) electrons. The third-order valence-electron chi connectivity index (χ3n) is 2.85. The molecule has 1 aromatic carbocycles. The Hall–Kier alpha value is -2.16. The summed E-state index contributed by atoms with van der Waals surface area (Å²) in [5.41, 5.74) is 1.81. The topological polar surface area (TPSA) is 39.2 Å².